The molecule has 0 amide bonds. The Balaban J connectivity index is 1.37. The highest BCUT2D eigenvalue weighted by molar-refractivity contribution is 5.85. The van der Waals surface area contributed by atoms with Crippen molar-refractivity contribution in [2.24, 2.45) is 17.8 Å². The highest BCUT2D eigenvalue weighted by atomic mass is 16.5. The number of carbonyl (C=O) groups excluding carboxylic acids is 1. The van der Waals surface area contributed by atoms with E-state index >= 15 is 0 Å². The fraction of sp³-hybridized carbons (Fsp3) is 0.381. The zero-order valence-electron chi connectivity index (χ0n) is 14.2. The Hall–Kier alpha value is -2.33. The molecule has 25 heavy (non-hydrogen) atoms. The molecule has 1 aliphatic carbocycles. The second-order valence-corrected chi connectivity index (χ2v) is 7.45. The topological polar surface area (TPSA) is 38.8 Å². The predicted molar refractivity (Wildman–Crippen MR) is 93.7 cm³/mol. The third-order valence-electron chi connectivity index (χ3n) is 5.89. The largest absolute Gasteiger partial charge is 0.465 e. The van der Waals surface area contributed by atoms with Crippen molar-refractivity contribution in [2.45, 2.75) is 5.92 Å². The lowest BCUT2D eigenvalue weighted by atomic mass is 9.88. The molecule has 0 N–H and O–H groups in total. The van der Waals surface area contributed by atoms with E-state index in [-0.39, 0.29) is 5.97 Å². The SMILES string of the molecule is CN1C[C@@H]2[C@@H](COC(=O)C3c4ccccc4Oc4ccccc43)[C@@H]2C1. The van der Waals surface area contributed by atoms with Gasteiger partial charge >= 0.3 is 5.97 Å². The van der Waals surface area contributed by atoms with Crippen molar-refractivity contribution in [3.63, 3.8) is 0 Å². The van der Waals surface area contributed by atoms with E-state index in [2.05, 4.69) is 11.9 Å². The van der Waals surface area contributed by atoms with Crippen molar-refractivity contribution >= 4 is 5.97 Å². The highest BCUT2D eigenvalue weighted by Crippen LogP contribution is 2.51. The molecule has 0 bridgehead atoms. The Labute approximate surface area is 147 Å². The maximum atomic E-state index is 13.0. The first kappa shape index (κ1) is 15.0. The van der Waals surface area contributed by atoms with Crippen LogP contribution in [0.5, 0.6) is 11.5 Å². The van der Waals surface area contributed by atoms with Crippen LogP contribution in [0.2, 0.25) is 0 Å². The Morgan fingerprint density at radius 2 is 1.60 bits per heavy atom. The lowest BCUT2D eigenvalue weighted by molar-refractivity contribution is -0.145. The molecule has 2 aromatic carbocycles. The molecule has 128 valence electrons. The van der Waals surface area contributed by atoms with Crippen molar-refractivity contribution in [1.29, 1.82) is 0 Å². The van der Waals surface area contributed by atoms with Crippen molar-refractivity contribution in [2.75, 3.05) is 26.7 Å². The van der Waals surface area contributed by atoms with Crippen LogP contribution in [0.3, 0.4) is 0 Å². The first-order valence-corrected chi connectivity index (χ1v) is 8.93. The molecule has 0 unspecified atom stereocenters. The molecule has 0 spiro atoms. The molecular formula is C21H21NO3. The average molecular weight is 335 g/mol. The number of rotatable bonds is 3. The quantitative estimate of drug-likeness (QED) is 0.807. The Bertz CT molecular complexity index is 776. The highest BCUT2D eigenvalue weighted by Gasteiger charge is 2.55. The van der Waals surface area contributed by atoms with E-state index in [0.29, 0.717) is 24.4 Å². The minimum absolute atomic E-state index is 0.165. The molecule has 0 aromatic heterocycles. The van der Waals surface area contributed by atoms with Crippen molar-refractivity contribution < 1.29 is 14.3 Å². The molecule has 2 aromatic rings. The molecule has 4 heteroatoms. The molecule has 5 rings (SSSR count). The normalized spacial score (nSPS) is 27.0. The van der Waals surface area contributed by atoms with Gasteiger partial charge in [-0.2, -0.15) is 0 Å². The first-order valence-electron chi connectivity index (χ1n) is 8.93. The van der Waals surface area contributed by atoms with Crippen LogP contribution in [0.25, 0.3) is 0 Å². The summed E-state index contributed by atoms with van der Waals surface area (Å²) in [7, 11) is 2.16. The van der Waals surface area contributed by atoms with E-state index in [0.717, 1.165) is 35.7 Å². The summed E-state index contributed by atoms with van der Waals surface area (Å²) in [6.07, 6.45) is 0. The van der Waals surface area contributed by atoms with Gasteiger partial charge in [-0.1, -0.05) is 36.4 Å². The number of ether oxygens (including phenoxy) is 2. The van der Waals surface area contributed by atoms with E-state index in [4.69, 9.17) is 9.47 Å². The van der Waals surface area contributed by atoms with Crippen LogP contribution < -0.4 is 4.74 Å². The summed E-state index contributed by atoms with van der Waals surface area (Å²) >= 11 is 0. The maximum absolute atomic E-state index is 13.0. The predicted octanol–water partition coefficient (Wildman–Crippen LogP) is 3.28. The van der Waals surface area contributed by atoms with Gasteiger partial charge in [0, 0.05) is 30.1 Å². The van der Waals surface area contributed by atoms with Gasteiger partial charge in [0.25, 0.3) is 0 Å². The number of hydrogen-bond donors (Lipinski definition) is 0. The second kappa shape index (κ2) is 5.60. The zero-order chi connectivity index (χ0) is 17.0. The number of likely N-dealkylation sites (tertiary alicyclic amines) is 1. The van der Waals surface area contributed by atoms with Gasteiger partial charge in [0.1, 0.15) is 17.4 Å². The molecule has 1 saturated carbocycles. The summed E-state index contributed by atoms with van der Waals surface area (Å²) in [5.74, 6) is 2.90. The summed E-state index contributed by atoms with van der Waals surface area (Å²) in [5.41, 5.74) is 1.78. The molecule has 0 radical (unpaired) electrons. The monoisotopic (exact) mass is 335 g/mol. The van der Waals surface area contributed by atoms with E-state index in [1.54, 1.807) is 0 Å². The molecule has 2 fully saturated rings. The molecule has 3 aliphatic rings. The lowest BCUT2D eigenvalue weighted by Crippen LogP contribution is -2.24. The van der Waals surface area contributed by atoms with Crippen molar-refractivity contribution in [3.05, 3.63) is 59.7 Å². The van der Waals surface area contributed by atoms with Gasteiger partial charge in [-0.25, -0.2) is 0 Å². The Morgan fingerprint density at radius 1 is 1.04 bits per heavy atom. The lowest BCUT2D eigenvalue weighted by Gasteiger charge is -2.27. The van der Waals surface area contributed by atoms with E-state index in [1.165, 1.54) is 0 Å². The molecule has 1 saturated heterocycles. The summed E-state index contributed by atoms with van der Waals surface area (Å²) < 4.78 is 11.7. The van der Waals surface area contributed by atoms with Crippen LogP contribution >= 0.6 is 0 Å². The van der Waals surface area contributed by atoms with E-state index < -0.39 is 5.92 Å². The summed E-state index contributed by atoms with van der Waals surface area (Å²) in [6.45, 7) is 2.81. The smallest absolute Gasteiger partial charge is 0.318 e. The standard InChI is InChI=1S/C21H21NO3/c1-22-10-15-16(11-22)17(15)12-24-21(23)20-13-6-2-4-8-18(13)25-19-9-5-3-7-14(19)20/h2-9,15-17,20H,10-12H2,1H3/t15-,16+,17+. The van der Waals surface area contributed by atoms with Crippen LogP contribution in [-0.2, 0) is 9.53 Å². The Morgan fingerprint density at radius 3 is 2.20 bits per heavy atom. The van der Waals surface area contributed by atoms with Gasteiger partial charge in [0.2, 0.25) is 0 Å². The average Bonchev–Trinajstić information content (AvgIpc) is 3.10. The van der Waals surface area contributed by atoms with Crippen LogP contribution in [0, 0.1) is 17.8 Å². The number of carbonyl (C=O) groups is 1. The number of nitrogens with zero attached hydrogens (tertiary/aromatic N) is 1. The van der Waals surface area contributed by atoms with Gasteiger partial charge in [-0.3, -0.25) is 4.79 Å². The molecule has 2 aliphatic heterocycles. The number of fused-ring (bicyclic) bond motifs is 3. The molecule has 3 atom stereocenters. The summed E-state index contributed by atoms with van der Waals surface area (Å²) in [5, 5.41) is 0. The summed E-state index contributed by atoms with van der Waals surface area (Å²) in [6, 6.07) is 15.5. The van der Waals surface area contributed by atoms with Gasteiger partial charge in [0.15, 0.2) is 0 Å². The number of esters is 1. The zero-order valence-corrected chi connectivity index (χ0v) is 14.2. The molecule has 4 nitrogen and oxygen atoms in total. The first-order chi connectivity index (χ1) is 12.2. The number of hydrogen-bond acceptors (Lipinski definition) is 4. The number of benzene rings is 2. The Kier molecular flexibility index (Phi) is 3.35. The second-order valence-electron chi connectivity index (χ2n) is 7.45. The van der Waals surface area contributed by atoms with E-state index in [1.807, 2.05) is 48.5 Å². The van der Waals surface area contributed by atoms with Crippen LogP contribution in [0.1, 0.15) is 17.0 Å². The fourth-order valence-electron chi connectivity index (χ4n) is 4.53. The summed E-state index contributed by atoms with van der Waals surface area (Å²) in [4.78, 5) is 15.3. The number of para-hydroxylation sites is 2. The van der Waals surface area contributed by atoms with Gasteiger partial charge < -0.3 is 14.4 Å². The van der Waals surface area contributed by atoms with Crippen molar-refractivity contribution in [1.82, 2.24) is 4.90 Å². The van der Waals surface area contributed by atoms with E-state index in [9.17, 15) is 4.79 Å². The van der Waals surface area contributed by atoms with Gasteiger partial charge in [0.05, 0.1) is 6.61 Å². The number of piperidine rings is 1. The van der Waals surface area contributed by atoms with Crippen molar-refractivity contribution in [3.8, 4) is 11.5 Å². The van der Waals surface area contributed by atoms with Crippen LogP contribution in [0.15, 0.2) is 48.5 Å². The van der Waals surface area contributed by atoms with Gasteiger partial charge in [-0.05, 0) is 31.0 Å². The third-order valence-corrected chi connectivity index (χ3v) is 5.89. The third kappa shape index (κ3) is 2.44. The maximum Gasteiger partial charge on any atom is 0.318 e. The minimum Gasteiger partial charge on any atom is -0.465 e. The van der Waals surface area contributed by atoms with Crippen LogP contribution in [-0.4, -0.2) is 37.6 Å². The van der Waals surface area contributed by atoms with Crippen LogP contribution in [0.4, 0.5) is 0 Å². The molecule has 2 heterocycles. The minimum atomic E-state index is -0.401. The molecular weight excluding hydrogens is 314 g/mol. The van der Waals surface area contributed by atoms with Gasteiger partial charge in [-0.15, -0.1) is 0 Å². The fourth-order valence-corrected chi connectivity index (χ4v) is 4.53.